The van der Waals surface area contributed by atoms with Crippen LogP contribution in [0.5, 0.6) is 5.75 Å². The van der Waals surface area contributed by atoms with Gasteiger partial charge in [0.05, 0.1) is 18.3 Å². The summed E-state index contributed by atoms with van der Waals surface area (Å²) in [6.45, 7) is -0.453. The molecule has 41 heavy (non-hydrogen) atoms. The van der Waals surface area contributed by atoms with E-state index in [1.54, 1.807) is 10.9 Å². The van der Waals surface area contributed by atoms with Crippen molar-refractivity contribution in [3.8, 4) is 5.75 Å². The van der Waals surface area contributed by atoms with Gasteiger partial charge < -0.3 is 10.1 Å². The molecule has 2 N–H and O–H groups in total. The Kier molecular flexibility index (Phi) is 7.15. The topological polar surface area (TPSA) is 120 Å². The summed E-state index contributed by atoms with van der Waals surface area (Å²) in [7, 11) is 0. The van der Waals surface area contributed by atoms with Gasteiger partial charge in [-0.3, -0.25) is 9.48 Å². The summed E-state index contributed by atoms with van der Waals surface area (Å²) in [5, 5.41) is 15.0. The summed E-state index contributed by atoms with van der Waals surface area (Å²) >= 11 is 0. The number of ether oxygens (including phenoxy) is 1. The van der Waals surface area contributed by atoms with E-state index < -0.39 is 72.4 Å². The highest BCUT2D eigenvalue weighted by Gasteiger charge is 2.61. The molecule has 1 aliphatic heterocycles. The van der Waals surface area contributed by atoms with E-state index in [1.807, 2.05) is 10.4 Å². The fraction of sp³-hybridized carbons (Fsp3) is 0.458. The molecule has 17 heteroatoms. The van der Waals surface area contributed by atoms with Crippen molar-refractivity contribution in [2.75, 3.05) is 6.61 Å². The van der Waals surface area contributed by atoms with Crippen molar-refractivity contribution in [2.45, 2.75) is 62.5 Å². The highest BCUT2D eigenvalue weighted by molar-refractivity contribution is 6.22. The molecule has 220 valence electrons. The summed E-state index contributed by atoms with van der Waals surface area (Å²) in [6.07, 6.45) is -8.25. The van der Waals surface area contributed by atoms with Crippen LogP contribution in [0.2, 0.25) is 0 Å². The lowest BCUT2D eigenvalue weighted by Gasteiger charge is -2.41. The zero-order valence-corrected chi connectivity index (χ0v) is 21.0. The van der Waals surface area contributed by atoms with Crippen molar-refractivity contribution in [2.24, 2.45) is 0 Å². The maximum atomic E-state index is 15.3. The van der Waals surface area contributed by atoms with Gasteiger partial charge in [0.2, 0.25) is 0 Å². The standard InChI is InChI=1S/C24H22F7N7O3/c25-17-11-14(41-10-2-8-23(26,27)28)5-6-16(17)22(24(29,30)31)12-15(18-7-9-37(34-18)13-3-1-4-13)19(20(39)32-22)38-21(40)33-35-36-38/h5-7,9,11,13H,1-4,8,10,12H2,(H,32,39)(H,33,36,40)/t22-/m0/s1. The van der Waals surface area contributed by atoms with Crippen molar-refractivity contribution in [1.82, 2.24) is 35.3 Å². The Morgan fingerprint density at radius 2 is 1.85 bits per heavy atom. The Morgan fingerprint density at radius 1 is 1.10 bits per heavy atom. The minimum atomic E-state index is -5.26. The molecule has 1 saturated carbocycles. The van der Waals surface area contributed by atoms with E-state index in [2.05, 4.69) is 15.5 Å². The van der Waals surface area contributed by atoms with Crippen LogP contribution >= 0.6 is 0 Å². The van der Waals surface area contributed by atoms with Crippen LogP contribution < -0.4 is 15.7 Å². The molecule has 10 nitrogen and oxygen atoms in total. The predicted molar refractivity (Wildman–Crippen MR) is 127 cm³/mol. The average Bonchev–Trinajstić information content (AvgIpc) is 3.48. The minimum absolute atomic E-state index is 0.0217. The molecule has 2 aliphatic rings. The second-order valence-corrected chi connectivity index (χ2v) is 9.75. The van der Waals surface area contributed by atoms with E-state index in [0.29, 0.717) is 10.7 Å². The molecule has 1 amide bonds. The van der Waals surface area contributed by atoms with Gasteiger partial charge in [-0.05, 0) is 54.3 Å². The predicted octanol–water partition coefficient (Wildman–Crippen LogP) is 4.09. The second-order valence-electron chi connectivity index (χ2n) is 9.75. The van der Waals surface area contributed by atoms with Crippen LogP contribution in [0, 0.1) is 5.82 Å². The first kappa shape index (κ1) is 28.4. The summed E-state index contributed by atoms with van der Waals surface area (Å²) in [6, 6.07) is 3.74. The van der Waals surface area contributed by atoms with Crippen molar-refractivity contribution >= 4 is 17.2 Å². The van der Waals surface area contributed by atoms with Crippen molar-refractivity contribution in [3.05, 3.63) is 58.0 Å². The normalized spacial score (nSPS) is 20.2. The third kappa shape index (κ3) is 5.44. The van der Waals surface area contributed by atoms with E-state index in [1.165, 1.54) is 6.07 Å². The number of tetrazole rings is 1. The van der Waals surface area contributed by atoms with Gasteiger partial charge in [-0.25, -0.2) is 14.3 Å². The minimum Gasteiger partial charge on any atom is -0.493 e. The third-order valence-electron chi connectivity index (χ3n) is 7.08. The number of aromatic amines is 1. The van der Waals surface area contributed by atoms with Gasteiger partial charge in [0, 0.05) is 36.2 Å². The molecule has 3 heterocycles. The first-order valence-corrected chi connectivity index (χ1v) is 12.5. The number of carbonyl (C=O) groups excluding carboxylic acids is 1. The molecule has 1 aromatic carbocycles. The monoisotopic (exact) mass is 589 g/mol. The first-order valence-electron chi connectivity index (χ1n) is 12.5. The Labute approximate surface area is 226 Å². The number of alkyl halides is 6. The van der Waals surface area contributed by atoms with Crippen LogP contribution in [0.3, 0.4) is 0 Å². The highest BCUT2D eigenvalue weighted by atomic mass is 19.4. The van der Waals surface area contributed by atoms with Gasteiger partial charge in [-0.15, -0.1) is 0 Å². The molecule has 0 unspecified atom stereocenters. The summed E-state index contributed by atoms with van der Waals surface area (Å²) in [4.78, 5) is 25.6. The summed E-state index contributed by atoms with van der Waals surface area (Å²) < 4.78 is 104. The van der Waals surface area contributed by atoms with Crippen LogP contribution in [0.4, 0.5) is 30.7 Å². The second kappa shape index (κ2) is 10.3. The number of benzene rings is 1. The molecule has 2 aromatic heterocycles. The van der Waals surface area contributed by atoms with Gasteiger partial charge in [-0.2, -0.15) is 36.1 Å². The number of aromatic nitrogens is 6. The number of hydrogen-bond donors (Lipinski definition) is 2. The van der Waals surface area contributed by atoms with E-state index in [-0.39, 0.29) is 23.1 Å². The lowest BCUT2D eigenvalue weighted by molar-refractivity contribution is -0.202. The zero-order valence-electron chi connectivity index (χ0n) is 21.0. The molecular formula is C24H22F7N7O3. The number of carbonyl (C=O) groups is 1. The molecule has 0 bridgehead atoms. The zero-order chi connectivity index (χ0) is 29.6. The molecule has 0 saturated heterocycles. The van der Waals surface area contributed by atoms with Crippen LogP contribution in [-0.2, 0) is 10.3 Å². The average molecular weight is 589 g/mol. The van der Waals surface area contributed by atoms with Gasteiger partial charge in [0.25, 0.3) is 5.91 Å². The molecule has 1 atom stereocenters. The number of halogens is 7. The Bertz CT molecular complexity index is 1530. The number of amides is 1. The molecule has 0 spiro atoms. The van der Waals surface area contributed by atoms with E-state index in [9.17, 15) is 35.9 Å². The molecule has 1 aliphatic carbocycles. The van der Waals surface area contributed by atoms with Gasteiger partial charge in [0.15, 0.2) is 5.54 Å². The fourth-order valence-electron chi connectivity index (χ4n) is 4.80. The van der Waals surface area contributed by atoms with Gasteiger partial charge >= 0.3 is 18.0 Å². The van der Waals surface area contributed by atoms with Crippen LogP contribution in [0.1, 0.15) is 55.8 Å². The molecular weight excluding hydrogens is 567 g/mol. The van der Waals surface area contributed by atoms with Crippen molar-refractivity contribution < 1.29 is 40.3 Å². The van der Waals surface area contributed by atoms with E-state index >= 15 is 4.39 Å². The van der Waals surface area contributed by atoms with Gasteiger partial charge in [-0.1, -0.05) is 0 Å². The quantitative estimate of drug-likeness (QED) is 0.302. The Balaban J connectivity index is 1.55. The maximum Gasteiger partial charge on any atom is 0.416 e. The van der Waals surface area contributed by atoms with Gasteiger partial charge in [0.1, 0.15) is 17.3 Å². The number of nitrogens with one attached hydrogen (secondary N) is 2. The smallest absolute Gasteiger partial charge is 0.416 e. The maximum absolute atomic E-state index is 15.3. The van der Waals surface area contributed by atoms with E-state index in [0.717, 1.165) is 31.4 Å². The lowest BCUT2D eigenvalue weighted by atomic mass is 9.78. The number of hydrogen-bond acceptors (Lipinski definition) is 6. The van der Waals surface area contributed by atoms with E-state index in [4.69, 9.17) is 4.74 Å². The summed E-state index contributed by atoms with van der Waals surface area (Å²) in [5.74, 6) is -3.10. The largest absolute Gasteiger partial charge is 0.493 e. The molecule has 3 aromatic rings. The molecule has 1 fully saturated rings. The fourth-order valence-corrected chi connectivity index (χ4v) is 4.80. The van der Waals surface area contributed by atoms with Crippen LogP contribution in [0.25, 0.3) is 11.3 Å². The van der Waals surface area contributed by atoms with Crippen molar-refractivity contribution in [1.29, 1.82) is 0 Å². The summed E-state index contributed by atoms with van der Waals surface area (Å²) in [5.41, 5.74) is -6.21. The number of nitrogens with zero attached hydrogens (tertiary/aromatic N) is 5. The third-order valence-corrected chi connectivity index (χ3v) is 7.08. The highest BCUT2D eigenvalue weighted by Crippen LogP contribution is 2.49. The Morgan fingerprint density at radius 3 is 2.44 bits per heavy atom. The SMILES string of the molecule is O=C1N[C@@](c2ccc(OCCCC(F)(F)F)cc2F)(C(F)(F)F)CC(c2ccn(C3CCC3)n2)=C1n1nn[nH]c1=O. The number of rotatable bonds is 8. The van der Waals surface area contributed by atoms with Crippen molar-refractivity contribution in [3.63, 3.8) is 0 Å². The lowest BCUT2D eigenvalue weighted by Crippen LogP contribution is -2.59. The van der Waals surface area contributed by atoms with Crippen LogP contribution in [0.15, 0.2) is 35.3 Å². The molecule has 0 radical (unpaired) electrons. The van der Waals surface area contributed by atoms with Crippen LogP contribution in [-0.4, -0.2) is 54.9 Å². The first-order chi connectivity index (χ1) is 19.3. The number of H-pyrrole nitrogens is 1. The molecule has 5 rings (SSSR count). The Hall–Kier alpha value is -4.18.